The predicted octanol–water partition coefficient (Wildman–Crippen LogP) is 1.21. The number of hydrogen-bond donors (Lipinski definition) is 1. The van der Waals surface area contributed by atoms with Crippen LogP contribution in [0.4, 0.5) is 10.2 Å². The standard InChI is InChI=1S/C13H16FN3O2/c1-17(6-9(18)7-19-2)13-12-10(14)4-3-5-11(12)15-8-16-13/h3-5,8-9,18H,6-7H2,1-2H3. The van der Waals surface area contributed by atoms with E-state index in [2.05, 4.69) is 9.97 Å². The number of benzene rings is 1. The fourth-order valence-electron chi connectivity index (χ4n) is 1.99. The Morgan fingerprint density at radius 1 is 1.42 bits per heavy atom. The molecule has 0 radical (unpaired) electrons. The van der Waals surface area contributed by atoms with Gasteiger partial charge in [-0.1, -0.05) is 6.07 Å². The van der Waals surface area contributed by atoms with Crippen molar-refractivity contribution < 1.29 is 14.2 Å². The van der Waals surface area contributed by atoms with Crippen molar-refractivity contribution in [1.82, 2.24) is 9.97 Å². The van der Waals surface area contributed by atoms with Gasteiger partial charge in [0.05, 0.1) is 23.6 Å². The Labute approximate surface area is 110 Å². The van der Waals surface area contributed by atoms with E-state index >= 15 is 0 Å². The Morgan fingerprint density at radius 2 is 2.21 bits per heavy atom. The summed E-state index contributed by atoms with van der Waals surface area (Å²) in [6.45, 7) is 0.518. The molecule has 1 aromatic carbocycles. The van der Waals surface area contributed by atoms with E-state index in [9.17, 15) is 9.50 Å². The second-order valence-corrected chi connectivity index (χ2v) is 4.32. The lowest BCUT2D eigenvalue weighted by Gasteiger charge is -2.22. The number of nitrogens with zero attached hydrogens (tertiary/aromatic N) is 3. The Bertz CT molecular complexity index is 559. The molecule has 0 fully saturated rings. The number of methoxy groups -OCH3 is 1. The van der Waals surface area contributed by atoms with Gasteiger partial charge in [-0.2, -0.15) is 0 Å². The molecule has 2 aromatic rings. The van der Waals surface area contributed by atoms with E-state index in [0.717, 1.165) is 0 Å². The minimum atomic E-state index is -0.660. The van der Waals surface area contributed by atoms with Gasteiger partial charge < -0.3 is 14.7 Å². The van der Waals surface area contributed by atoms with Crippen molar-refractivity contribution in [2.75, 3.05) is 32.2 Å². The predicted molar refractivity (Wildman–Crippen MR) is 70.6 cm³/mol. The highest BCUT2D eigenvalue weighted by atomic mass is 19.1. The summed E-state index contributed by atoms with van der Waals surface area (Å²) < 4.78 is 18.8. The molecule has 5 nitrogen and oxygen atoms in total. The normalized spacial score (nSPS) is 12.6. The summed E-state index contributed by atoms with van der Waals surface area (Å²) >= 11 is 0. The molecular weight excluding hydrogens is 249 g/mol. The summed E-state index contributed by atoms with van der Waals surface area (Å²) in [6, 6.07) is 4.70. The Balaban J connectivity index is 2.34. The molecule has 0 saturated carbocycles. The summed E-state index contributed by atoms with van der Waals surface area (Å²) in [7, 11) is 3.26. The molecule has 1 aromatic heterocycles. The summed E-state index contributed by atoms with van der Waals surface area (Å²) in [5.41, 5.74) is 0.540. The van der Waals surface area contributed by atoms with Crippen molar-refractivity contribution in [1.29, 1.82) is 0 Å². The van der Waals surface area contributed by atoms with Crippen LogP contribution in [0.15, 0.2) is 24.5 Å². The maximum absolute atomic E-state index is 13.9. The third-order valence-corrected chi connectivity index (χ3v) is 2.80. The smallest absolute Gasteiger partial charge is 0.142 e. The fourth-order valence-corrected chi connectivity index (χ4v) is 1.99. The molecule has 19 heavy (non-hydrogen) atoms. The van der Waals surface area contributed by atoms with Crippen molar-refractivity contribution in [3.8, 4) is 0 Å². The molecule has 0 amide bonds. The van der Waals surface area contributed by atoms with Crippen LogP contribution in [0.2, 0.25) is 0 Å². The molecule has 6 heteroatoms. The van der Waals surface area contributed by atoms with E-state index in [1.165, 1.54) is 19.5 Å². The van der Waals surface area contributed by atoms with Gasteiger partial charge in [0.1, 0.15) is 18.0 Å². The molecule has 0 aliphatic rings. The number of aliphatic hydroxyl groups is 1. The van der Waals surface area contributed by atoms with Gasteiger partial charge in [-0.3, -0.25) is 0 Å². The third-order valence-electron chi connectivity index (χ3n) is 2.80. The van der Waals surface area contributed by atoms with E-state index in [4.69, 9.17) is 4.74 Å². The molecule has 0 saturated heterocycles. The SMILES string of the molecule is COCC(O)CN(C)c1ncnc2cccc(F)c12. The second kappa shape index (κ2) is 5.90. The molecule has 2 rings (SSSR count). The van der Waals surface area contributed by atoms with Crippen LogP contribution in [0.3, 0.4) is 0 Å². The van der Waals surface area contributed by atoms with E-state index in [0.29, 0.717) is 23.3 Å². The topological polar surface area (TPSA) is 58.5 Å². The third kappa shape index (κ3) is 2.97. The van der Waals surface area contributed by atoms with Crippen molar-refractivity contribution in [2.45, 2.75) is 6.10 Å². The van der Waals surface area contributed by atoms with Crippen molar-refractivity contribution in [3.05, 3.63) is 30.3 Å². The lowest BCUT2D eigenvalue weighted by atomic mass is 10.2. The highest BCUT2D eigenvalue weighted by Gasteiger charge is 2.15. The maximum atomic E-state index is 13.9. The first kappa shape index (κ1) is 13.6. The molecule has 1 atom stereocenters. The van der Waals surface area contributed by atoms with E-state index in [-0.39, 0.29) is 12.4 Å². The first-order valence-electron chi connectivity index (χ1n) is 5.91. The molecule has 0 bridgehead atoms. The number of likely N-dealkylation sites (N-methyl/N-ethyl adjacent to an activating group) is 1. The number of ether oxygens (including phenoxy) is 1. The van der Waals surface area contributed by atoms with Gasteiger partial charge in [0.25, 0.3) is 0 Å². The summed E-state index contributed by atoms with van der Waals surface area (Å²) in [5, 5.41) is 10.1. The van der Waals surface area contributed by atoms with Crippen molar-refractivity contribution in [3.63, 3.8) is 0 Å². The quantitative estimate of drug-likeness (QED) is 0.880. The van der Waals surface area contributed by atoms with E-state index in [1.807, 2.05) is 0 Å². The first-order valence-corrected chi connectivity index (χ1v) is 5.91. The number of fused-ring (bicyclic) bond motifs is 1. The van der Waals surface area contributed by atoms with Crippen molar-refractivity contribution >= 4 is 16.7 Å². The Hall–Kier alpha value is -1.79. The average Bonchev–Trinajstić information content (AvgIpc) is 2.38. The summed E-state index contributed by atoms with van der Waals surface area (Å²) in [5.74, 6) is 0.0828. The fraction of sp³-hybridized carbons (Fsp3) is 0.385. The van der Waals surface area contributed by atoms with Crippen LogP contribution in [0, 0.1) is 5.82 Å². The maximum Gasteiger partial charge on any atom is 0.142 e. The zero-order valence-corrected chi connectivity index (χ0v) is 10.9. The van der Waals surface area contributed by atoms with Gasteiger partial charge >= 0.3 is 0 Å². The summed E-state index contributed by atoms with van der Waals surface area (Å²) in [4.78, 5) is 9.83. The number of anilines is 1. The highest BCUT2D eigenvalue weighted by Crippen LogP contribution is 2.24. The van der Waals surface area contributed by atoms with Gasteiger partial charge in [-0.25, -0.2) is 14.4 Å². The lowest BCUT2D eigenvalue weighted by molar-refractivity contribution is 0.0694. The molecular formula is C13H16FN3O2. The van der Waals surface area contributed by atoms with Gasteiger partial charge in [0.15, 0.2) is 0 Å². The summed E-state index contributed by atoms with van der Waals surface area (Å²) in [6.07, 6.45) is 0.725. The van der Waals surface area contributed by atoms with Gasteiger partial charge in [-0.15, -0.1) is 0 Å². The molecule has 1 unspecified atom stereocenters. The number of rotatable bonds is 5. The molecule has 1 heterocycles. The first-order chi connectivity index (χ1) is 9.13. The number of halogens is 1. The van der Waals surface area contributed by atoms with Crippen LogP contribution in [0.1, 0.15) is 0 Å². The van der Waals surface area contributed by atoms with Crippen LogP contribution < -0.4 is 4.90 Å². The molecule has 0 aliphatic carbocycles. The zero-order chi connectivity index (χ0) is 13.8. The lowest BCUT2D eigenvalue weighted by Crippen LogP contribution is -2.32. The highest BCUT2D eigenvalue weighted by molar-refractivity contribution is 5.89. The number of aliphatic hydroxyl groups excluding tert-OH is 1. The number of hydrogen-bond acceptors (Lipinski definition) is 5. The van der Waals surface area contributed by atoms with Crippen LogP contribution in [-0.4, -0.2) is 48.5 Å². The van der Waals surface area contributed by atoms with Gasteiger partial charge in [0.2, 0.25) is 0 Å². The zero-order valence-electron chi connectivity index (χ0n) is 10.9. The minimum Gasteiger partial charge on any atom is -0.389 e. The molecule has 102 valence electrons. The largest absolute Gasteiger partial charge is 0.389 e. The van der Waals surface area contributed by atoms with E-state index < -0.39 is 6.10 Å². The van der Waals surface area contributed by atoms with Crippen LogP contribution in [0.25, 0.3) is 10.9 Å². The monoisotopic (exact) mass is 265 g/mol. The van der Waals surface area contributed by atoms with Gasteiger partial charge in [0, 0.05) is 20.7 Å². The Kier molecular flexibility index (Phi) is 4.24. The average molecular weight is 265 g/mol. The van der Waals surface area contributed by atoms with Crippen LogP contribution >= 0.6 is 0 Å². The minimum absolute atomic E-state index is 0.218. The van der Waals surface area contributed by atoms with Crippen LogP contribution in [-0.2, 0) is 4.74 Å². The van der Waals surface area contributed by atoms with Crippen LogP contribution in [0.5, 0.6) is 0 Å². The molecule has 0 spiro atoms. The number of aromatic nitrogens is 2. The molecule has 1 N–H and O–H groups in total. The molecule has 0 aliphatic heterocycles. The second-order valence-electron chi connectivity index (χ2n) is 4.32. The van der Waals surface area contributed by atoms with E-state index in [1.54, 1.807) is 24.1 Å². The Morgan fingerprint density at radius 3 is 2.95 bits per heavy atom. The van der Waals surface area contributed by atoms with Gasteiger partial charge in [-0.05, 0) is 12.1 Å². The van der Waals surface area contributed by atoms with Crippen molar-refractivity contribution in [2.24, 2.45) is 0 Å².